The van der Waals surface area contributed by atoms with Gasteiger partial charge in [0.2, 0.25) is 5.75 Å². The number of ether oxygens (including phenoxy) is 3. The first-order valence-corrected chi connectivity index (χ1v) is 4.60. The van der Waals surface area contributed by atoms with Crippen molar-refractivity contribution in [3.05, 3.63) is 18.2 Å². The molecule has 0 aliphatic rings. The number of methoxy groups -OCH3 is 2. The molecule has 0 aliphatic carbocycles. The van der Waals surface area contributed by atoms with Gasteiger partial charge in [0, 0.05) is 6.54 Å². The number of nitrogens with one attached hydrogen (secondary N) is 1. The molecule has 0 amide bonds. The smallest absolute Gasteiger partial charge is 0.203 e. The molecule has 0 spiro atoms. The lowest BCUT2D eigenvalue weighted by atomic mass is 10.3. The Morgan fingerprint density at radius 3 is 2.19 bits per heavy atom. The molecule has 6 heteroatoms. The maximum Gasteiger partial charge on any atom is 0.203 e. The van der Waals surface area contributed by atoms with Crippen molar-refractivity contribution in [1.82, 2.24) is 5.43 Å². The Labute approximate surface area is 101 Å². The normalized spacial score (nSPS) is 9.19. The van der Waals surface area contributed by atoms with E-state index in [9.17, 15) is 0 Å². The lowest BCUT2D eigenvalue weighted by molar-refractivity contribution is 0.274. The summed E-state index contributed by atoms with van der Waals surface area (Å²) in [5.41, 5.74) is 2.51. The largest absolute Gasteiger partial charge is 0.493 e. The topological polar surface area (TPSA) is 65.7 Å². The molecule has 0 fully saturated rings. The summed E-state index contributed by atoms with van der Waals surface area (Å²) < 4.78 is 15.8. The molecule has 0 heterocycles. The van der Waals surface area contributed by atoms with Gasteiger partial charge in [-0.05, 0) is 12.1 Å². The summed E-state index contributed by atoms with van der Waals surface area (Å²) in [6, 6.07) is 5.47. The van der Waals surface area contributed by atoms with E-state index in [0.717, 1.165) is 0 Å². The number of hydrazine groups is 1. The van der Waals surface area contributed by atoms with E-state index >= 15 is 0 Å². The van der Waals surface area contributed by atoms with Crippen LogP contribution in [0.2, 0.25) is 0 Å². The van der Waals surface area contributed by atoms with Crippen molar-refractivity contribution in [2.24, 2.45) is 5.84 Å². The number of benzene rings is 1. The maximum absolute atomic E-state index is 5.50. The predicted molar refractivity (Wildman–Crippen MR) is 64.5 cm³/mol. The summed E-state index contributed by atoms with van der Waals surface area (Å²) in [6.07, 6.45) is 0. The van der Waals surface area contributed by atoms with Crippen molar-refractivity contribution in [1.29, 1.82) is 0 Å². The van der Waals surface area contributed by atoms with Gasteiger partial charge in [-0.2, -0.15) is 0 Å². The summed E-state index contributed by atoms with van der Waals surface area (Å²) in [5.74, 6) is 7.03. The minimum atomic E-state index is 0. The molecule has 0 bridgehead atoms. The zero-order valence-electron chi connectivity index (χ0n) is 9.36. The van der Waals surface area contributed by atoms with Gasteiger partial charge in [0.25, 0.3) is 0 Å². The first-order chi connectivity index (χ1) is 7.33. The van der Waals surface area contributed by atoms with Crippen molar-refractivity contribution in [3.8, 4) is 17.2 Å². The highest BCUT2D eigenvalue weighted by Gasteiger charge is 2.10. The second-order valence-electron chi connectivity index (χ2n) is 2.79. The van der Waals surface area contributed by atoms with E-state index in [1.807, 2.05) is 18.2 Å². The van der Waals surface area contributed by atoms with Crippen LogP contribution in [0.25, 0.3) is 0 Å². The van der Waals surface area contributed by atoms with Gasteiger partial charge in [-0.25, -0.2) is 0 Å². The lowest BCUT2D eigenvalue weighted by Crippen LogP contribution is -2.27. The van der Waals surface area contributed by atoms with E-state index in [1.54, 1.807) is 14.2 Å². The van der Waals surface area contributed by atoms with Gasteiger partial charge in [0.15, 0.2) is 11.5 Å². The van der Waals surface area contributed by atoms with Gasteiger partial charge >= 0.3 is 0 Å². The Balaban J connectivity index is 0.00000225. The van der Waals surface area contributed by atoms with Crippen LogP contribution in [0.4, 0.5) is 0 Å². The van der Waals surface area contributed by atoms with Crippen LogP contribution < -0.4 is 25.5 Å². The van der Waals surface area contributed by atoms with Crippen LogP contribution in [0.5, 0.6) is 17.2 Å². The fourth-order valence-electron chi connectivity index (χ4n) is 1.17. The SMILES string of the molecule is COc1cccc(OC)c1OCCNN.Cl. The highest BCUT2D eigenvalue weighted by Crippen LogP contribution is 2.36. The fraction of sp³-hybridized carbons (Fsp3) is 0.400. The Bertz CT molecular complexity index is 288. The molecule has 1 rings (SSSR count). The van der Waals surface area contributed by atoms with Crippen molar-refractivity contribution in [2.75, 3.05) is 27.4 Å². The molecule has 0 unspecified atom stereocenters. The molecule has 5 nitrogen and oxygen atoms in total. The van der Waals surface area contributed by atoms with Gasteiger partial charge in [0.1, 0.15) is 6.61 Å². The Hall–Kier alpha value is -1.17. The van der Waals surface area contributed by atoms with Gasteiger partial charge in [-0.3, -0.25) is 11.3 Å². The van der Waals surface area contributed by atoms with E-state index in [1.165, 1.54) is 0 Å². The second-order valence-corrected chi connectivity index (χ2v) is 2.79. The van der Waals surface area contributed by atoms with Crippen molar-refractivity contribution in [3.63, 3.8) is 0 Å². The summed E-state index contributed by atoms with van der Waals surface area (Å²) >= 11 is 0. The van der Waals surface area contributed by atoms with Crippen molar-refractivity contribution in [2.45, 2.75) is 0 Å². The molecule has 0 aromatic heterocycles. The quantitative estimate of drug-likeness (QED) is 0.446. The Morgan fingerprint density at radius 1 is 1.19 bits per heavy atom. The van der Waals surface area contributed by atoms with Crippen LogP contribution in [-0.4, -0.2) is 27.4 Å². The van der Waals surface area contributed by atoms with Crippen molar-refractivity contribution >= 4 is 12.4 Å². The number of para-hydroxylation sites is 1. The first-order valence-electron chi connectivity index (χ1n) is 4.60. The number of hydrogen-bond acceptors (Lipinski definition) is 5. The molecular formula is C10H17ClN2O3. The van der Waals surface area contributed by atoms with E-state index < -0.39 is 0 Å². The number of halogens is 1. The average Bonchev–Trinajstić information content (AvgIpc) is 2.29. The van der Waals surface area contributed by atoms with E-state index in [0.29, 0.717) is 30.4 Å². The zero-order chi connectivity index (χ0) is 11.1. The summed E-state index contributed by atoms with van der Waals surface area (Å²) in [5, 5.41) is 0. The molecule has 0 saturated carbocycles. The molecule has 0 radical (unpaired) electrons. The van der Waals surface area contributed by atoms with Crippen LogP contribution >= 0.6 is 12.4 Å². The predicted octanol–water partition coefficient (Wildman–Crippen LogP) is 0.968. The third kappa shape index (κ3) is 3.77. The second kappa shape index (κ2) is 8.04. The van der Waals surface area contributed by atoms with Gasteiger partial charge in [0.05, 0.1) is 14.2 Å². The molecule has 92 valence electrons. The summed E-state index contributed by atoms with van der Waals surface area (Å²) in [6.45, 7) is 1.01. The number of rotatable bonds is 6. The highest BCUT2D eigenvalue weighted by atomic mass is 35.5. The van der Waals surface area contributed by atoms with E-state index in [4.69, 9.17) is 20.1 Å². The molecule has 0 saturated heterocycles. The maximum atomic E-state index is 5.50. The molecule has 3 N–H and O–H groups in total. The molecule has 16 heavy (non-hydrogen) atoms. The molecule has 1 aromatic rings. The minimum absolute atomic E-state index is 0. The molecule has 0 aliphatic heterocycles. The monoisotopic (exact) mass is 248 g/mol. The first kappa shape index (κ1) is 14.8. The van der Waals surface area contributed by atoms with Crippen LogP contribution in [0.1, 0.15) is 0 Å². The van der Waals surface area contributed by atoms with Crippen LogP contribution in [0.3, 0.4) is 0 Å². The lowest BCUT2D eigenvalue weighted by Gasteiger charge is -2.13. The Kier molecular flexibility index (Phi) is 7.45. The van der Waals surface area contributed by atoms with Crippen LogP contribution in [0, 0.1) is 0 Å². The number of nitrogens with two attached hydrogens (primary N) is 1. The van der Waals surface area contributed by atoms with Crippen LogP contribution in [0.15, 0.2) is 18.2 Å². The standard InChI is InChI=1S/C10H16N2O3.ClH/c1-13-8-4-3-5-9(14-2)10(8)15-7-6-12-11;/h3-5,12H,6-7,11H2,1-2H3;1H. The molecular weight excluding hydrogens is 232 g/mol. The minimum Gasteiger partial charge on any atom is -0.493 e. The number of hydrogen-bond donors (Lipinski definition) is 2. The van der Waals surface area contributed by atoms with E-state index in [2.05, 4.69) is 5.43 Å². The summed E-state index contributed by atoms with van der Waals surface area (Å²) in [7, 11) is 3.17. The fourth-order valence-corrected chi connectivity index (χ4v) is 1.17. The summed E-state index contributed by atoms with van der Waals surface area (Å²) in [4.78, 5) is 0. The Morgan fingerprint density at radius 2 is 1.75 bits per heavy atom. The third-order valence-corrected chi connectivity index (χ3v) is 1.88. The van der Waals surface area contributed by atoms with Crippen molar-refractivity contribution < 1.29 is 14.2 Å². The zero-order valence-corrected chi connectivity index (χ0v) is 10.2. The van der Waals surface area contributed by atoms with Gasteiger partial charge in [-0.15, -0.1) is 12.4 Å². The molecule has 0 atom stereocenters. The van der Waals surface area contributed by atoms with Gasteiger partial charge < -0.3 is 14.2 Å². The average molecular weight is 249 g/mol. The van der Waals surface area contributed by atoms with Gasteiger partial charge in [-0.1, -0.05) is 6.07 Å². The third-order valence-electron chi connectivity index (χ3n) is 1.88. The molecule has 1 aromatic carbocycles. The highest BCUT2D eigenvalue weighted by molar-refractivity contribution is 5.85. The van der Waals surface area contributed by atoms with E-state index in [-0.39, 0.29) is 12.4 Å². The van der Waals surface area contributed by atoms with Crippen LogP contribution in [-0.2, 0) is 0 Å².